The SMILES string of the molecule is CN1CCC(Cc2nc(-c3ccncc3)no2)CC1.O=C(O)C(F)(F)F. The number of hydrogen-bond donors (Lipinski definition) is 1. The summed E-state index contributed by atoms with van der Waals surface area (Å²) in [5, 5.41) is 11.2. The van der Waals surface area contributed by atoms with Gasteiger partial charge in [-0.15, -0.1) is 0 Å². The van der Waals surface area contributed by atoms with E-state index in [0.717, 1.165) is 31.0 Å². The second-order valence-corrected chi connectivity index (χ2v) is 6.00. The fourth-order valence-electron chi connectivity index (χ4n) is 2.47. The molecule has 1 fully saturated rings. The fourth-order valence-corrected chi connectivity index (χ4v) is 2.47. The van der Waals surface area contributed by atoms with E-state index >= 15 is 0 Å². The minimum absolute atomic E-state index is 0.658. The molecule has 1 aliphatic heterocycles. The van der Waals surface area contributed by atoms with E-state index in [4.69, 9.17) is 14.4 Å². The third-order valence-corrected chi connectivity index (χ3v) is 3.95. The van der Waals surface area contributed by atoms with E-state index in [-0.39, 0.29) is 0 Å². The summed E-state index contributed by atoms with van der Waals surface area (Å²) in [7, 11) is 2.17. The molecule has 0 bridgehead atoms. The van der Waals surface area contributed by atoms with Gasteiger partial charge < -0.3 is 14.5 Å². The van der Waals surface area contributed by atoms with Crippen molar-refractivity contribution in [2.24, 2.45) is 5.92 Å². The summed E-state index contributed by atoms with van der Waals surface area (Å²) in [4.78, 5) is 19.7. The first kappa shape index (κ1) is 19.8. The predicted molar refractivity (Wildman–Crippen MR) is 85.1 cm³/mol. The van der Waals surface area contributed by atoms with Crippen LogP contribution >= 0.6 is 0 Å². The van der Waals surface area contributed by atoms with Crippen molar-refractivity contribution < 1.29 is 27.6 Å². The van der Waals surface area contributed by atoms with E-state index in [9.17, 15) is 13.2 Å². The second-order valence-electron chi connectivity index (χ2n) is 6.00. The number of aliphatic carboxylic acids is 1. The van der Waals surface area contributed by atoms with Crippen LogP contribution in [0, 0.1) is 5.92 Å². The zero-order valence-corrected chi connectivity index (χ0v) is 14.1. The Balaban J connectivity index is 0.000000298. The number of likely N-dealkylation sites (tertiary alicyclic amines) is 1. The number of nitrogens with zero attached hydrogens (tertiary/aromatic N) is 4. The maximum Gasteiger partial charge on any atom is 0.490 e. The number of alkyl halides is 3. The van der Waals surface area contributed by atoms with Gasteiger partial charge in [-0.25, -0.2) is 4.79 Å². The van der Waals surface area contributed by atoms with Gasteiger partial charge in [0, 0.05) is 24.4 Å². The van der Waals surface area contributed by atoms with Crippen LogP contribution < -0.4 is 0 Å². The van der Waals surface area contributed by atoms with Crippen LogP contribution in [0.5, 0.6) is 0 Å². The zero-order chi connectivity index (χ0) is 19.2. The van der Waals surface area contributed by atoms with E-state index in [0.29, 0.717) is 11.7 Å². The lowest BCUT2D eigenvalue weighted by atomic mass is 9.94. The molecule has 1 N–H and O–H groups in total. The lowest BCUT2D eigenvalue weighted by Gasteiger charge is -2.27. The van der Waals surface area contributed by atoms with Crippen LogP contribution in [0.15, 0.2) is 29.0 Å². The van der Waals surface area contributed by atoms with Crippen molar-refractivity contribution in [1.82, 2.24) is 20.0 Å². The lowest BCUT2D eigenvalue weighted by Crippen LogP contribution is -2.30. The molecule has 0 radical (unpaired) electrons. The van der Waals surface area contributed by atoms with Crippen molar-refractivity contribution in [3.8, 4) is 11.4 Å². The average molecular weight is 372 g/mol. The highest BCUT2D eigenvalue weighted by molar-refractivity contribution is 5.73. The maximum absolute atomic E-state index is 10.6. The Morgan fingerprint density at radius 1 is 1.31 bits per heavy atom. The van der Waals surface area contributed by atoms with Gasteiger partial charge in [0.05, 0.1) is 0 Å². The van der Waals surface area contributed by atoms with Crippen LogP contribution in [-0.2, 0) is 11.2 Å². The number of pyridine rings is 1. The second kappa shape index (κ2) is 8.75. The molecular weight excluding hydrogens is 353 g/mol. The molecule has 3 rings (SSSR count). The fraction of sp³-hybridized carbons (Fsp3) is 0.500. The van der Waals surface area contributed by atoms with Crippen molar-refractivity contribution in [2.45, 2.75) is 25.4 Å². The van der Waals surface area contributed by atoms with Gasteiger partial charge in [0.25, 0.3) is 0 Å². The monoisotopic (exact) mass is 372 g/mol. The molecule has 1 saturated heterocycles. The molecule has 0 aliphatic carbocycles. The van der Waals surface area contributed by atoms with Gasteiger partial charge in [-0.3, -0.25) is 4.98 Å². The summed E-state index contributed by atoms with van der Waals surface area (Å²) in [6.45, 7) is 2.33. The van der Waals surface area contributed by atoms with E-state index in [1.54, 1.807) is 12.4 Å². The van der Waals surface area contributed by atoms with Gasteiger partial charge >= 0.3 is 12.1 Å². The minimum atomic E-state index is -5.08. The molecule has 0 spiro atoms. The summed E-state index contributed by atoms with van der Waals surface area (Å²) in [6.07, 6.45) is 1.71. The standard InChI is InChI=1S/C14H18N4O.C2HF3O2/c1-18-8-4-11(5-9-18)10-13-16-14(17-19-13)12-2-6-15-7-3-12;3-2(4,5)1(6)7/h2-3,6-7,11H,4-5,8-10H2,1H3;(H,6,7). The molecule has 7 nitrogen and oxygen atoms in total. The number of rotatable bonds is 3. The molecule has 26 heavy (non-hydrogen) atoms. The minimum Gasteiger partial charge on any atom is -0.475 e. The van der Waals surface area contributed by atoms with Crippen LogP contribution in [0.4, 0.5) is 13.2 Å². The van der Waals surface area contributed by atoms with E-state index in [1.807, 2.05) is 12.1 Å². The Hall–Kier alpha value is -2.49. The highest BCUT2D eigenvalue weighted by atomic mass is 19.4. The molecule has 2 aromatic rings. The maximum atomic E-state index is 10.6. The number of piperidine rings is 1. The van der Waals surface area contributed by atoms with Crippen molar-refractivity contribution in [3.63, 3.8) is 0 Å². The first-order valence-electron chi connectivity index (χ1n) is 7.97. The number of carbonyl (C=O) groups is 1. The highest BCUT2D eigenvalue weighted by Crippen LogP contribution is 2.21. The van der Waals surface area contributed by atoms with E-state index < -0.39 is 12.1 Å². The van der Waals surface area contributed by atoms with E-state index in [2.05, 4.69) is 27.1 Å². The van der Waals surface area contributed by atoms with Crippen LogP contribution in [0.1, 0.15) is 18.7 Å². The summed E-state index contributed by atoms with van der Waals surface area (Å²) >= 11 is 0. The number of hydrogen-bond acceptors (Lipinski definition) is 6. The molecular formula is C16H19F3N4O3. The molecule has 0 atom stereocenters. The van der Waals surface area contributed by atoms with Gasteiger partial charge in [0.15, 0.2) is 0 Å². The molecule has 0 aromatic carbocycles. The van der Waals surface area contributed by atoms with Crippen LogP contribution in [0.25, 0.3) is 11.4 Å². The normalized spacial score (nSPS) is 16.0. The molecule has 0 unspecified atom stereocenters. The lowest BCUT2D eigenvalue weighted by molar-refractivity contribution is -0.192. The van der Waals surface area contributed by atoms with Crippen molar-refractivity contribution in [2.75, 3.05) is 20.1 Å². The topological polar surface area (TPSA) is 92.4 Å². The van der Waals surface area contributed by atoms with Crippen molar-refractivity contribution >= 4 is 5.97 Å². The Morgan fingerprint density at radius 3 is 2.42 bits per heavy atom. The average Bonchev–Trinajstić information content (AvgIpc) is 3.06. The summed E-state index contributed by atoms with van der Waals surface area (Å²) in [5.74, 6) is -0.680. The molecule has 1 aliphatic rings. The van der Waals surface area contributed by atoms with Gasteiger partial charge in [-0.2, -0.15) is 18.2 Å². The highest BCUT2D eigenvalue weighted by Gasteiger charge is 2.38. The van der Waals surface area contributed by atoms with Crippen LogP contribution in [-0.4, -0.2) is 57.4 Å². The Labute approximate surface area is 147 Å². The number of carboxylic acid groups (broad SMARTS) is 1. The summed E-state index contributed by atoms with van der Waals surface area (Å²) in [5.41, 5.74) is 0.952. The number of carboxylic acids is 1. The smallest absolute Gasteiger partial charge is 0.475 e. The number of halogens is 3. The largest absolute Gasteiger partial charge is 0.490 e. The summed E-state index contributed by atoms with van der Waals surface area (Å²) < 4.78 is 37.1. The zero-order valence-electron chi connectivity index (χ0n) is 14.1. The van der Waals surface area contributed by atoms with Gasteiger partial charge in [-0.05, 0) is 51.0 Å². The third-order valence-electron chi connectivity index (χ3n) is 3.95. The van der Waals surface area contributed by atoms with E-state index in [1.165, 1.54) is 12.8 Å². The molecule has 0 amide bonds. The third kappa shape index (κ3) is 6.10. The first-order valence-corrected chi connectivity index (χ1v) is 7.97. The Morgan fingerprint density at radius 2 is 1.88 bits per heavy atom. The van der Waals surface area contributed by atoms with Crippen LogP contribution in [0.3, 0.4) is 0 Å². The number of aromatic nitrogens is 3. The van der Waals surface area contributed by atoms with Crippen LogP contribution in [0.2, 0.25) is 0 Å². The Kier molecular flexibility index (Phi) is 6.67. The first-order chi connectivity index (χ1) is 12.3. The van der Waals surface area contributed by atoms with Crippen molar-refractivity contribution in [1.29, 1.82) is 0 Å². The molecule has 10 heteroatoms. The molecule has 142 valence electrons. The quantitative estimate of drug-likeness (QED) is 0.885. The Bertz CT molecular complexity index is 698. The summed E-state index contributed by atoms with van der Waals surface area (Å²) in [6, 6.07) is 3.79. The van der Waals surface area contributed by atoms with Gasteiger partial charge in [0.1, 0.15) is 0 Å². The molecule has 3 heterocycles. The molecule has 2 aromatic heterocycles. The molecule has 0 saturated carbocycles. The van der Waals surface area contributed by atoms with Gasteiger partial charge in [0.2, 0.25) is 11.7 Å². The van der Waals surface area contributed by atoms with Crippen molar-refractivity contribution in [3.05, 3.63) is 30.4 Å². The predicted octanol–water partition coefficient (Wildman–Crippen LogP) is 2.65. The van der Waals surface area contributed by atoms with Gasteiger partial charge in [-0.1, -0.05) is 5.16 Å².